The first-order valence-corrected chi connectivity index (χ1v) is 22.0. The van der Waals surface area contributed by atoms with Crippen LogP contribution >= 0.6 is 0 Å². The molecular formula is C49H73N3O4. The van der Waals surface area contributed by atoms with Crippen molar-refractivity contribution in [3.63, 3.8) is 0 Å². The molecule has 0 aromatic heterocycles. The van der Waals surface area contributed by atoms with Crippen molar-refractivity contribution in [3.8, 4) is 0 Å². The average Bonchev–Trinajstić information content (AvgIpc) is 3.23. The average molecular weight is 768 g/mol. The van der Waals surface area contributed by atoms with E-state index in [9.17, 15) is 5.53 Å². The van der Waals surface area contributed by atoms with Gasteiger partial charge in [0.25, 0.3) is 0 Å². The third-order valence-corrected chi connectivity index (χ3v) is 12.4. The van der Waals surface area contributed by atoms with E-state index in [1.807, 2.05) is 42.5 Å². The fraction of sp³-hybridized carbons (Fsp3) is 0.633. The predicted octanol–water partition coefficient (Wildman–Crippen LogP) is 13.5. The van der Waals surface area contributed by atoms with E-state index in [1.165, 1.54) is 69.8 Å². The first-order chi connectivity index (χ1) is 27.4. The van der Waals surface area contributed by atoms with Gasteiger partial charge in [-0.3, -0.25) is 0 Å². The molecule has 1 aliphatic carbocycles. The molecule has 0 saturated heterocycles. The maximum Gasteiger partial charge on any atom is 0.0948 e. The molecule has 7 nitrogen and oxygen atoms in total. The van der Waals surface area contributed by atoms with Crippen LogP contribution in [0, 0.1) is 23.7 Å². The van der Waals surface area contributed by atoms with E-state index in [0.717, 1.165) is 30.4 Å². The van der Waals surface area contributed by atoms with E-state index in [2.05, 4.69) is 93.2 Å². The number of unbranched alkanes of at least 4 members (excludes halogenated alkanes) is 11. The smallest absolute Gasteiger partial charge is 0.0948 e. The van der Waals surface area contributed by atoms with Gasteiger partial charge in [-0.05, 0) is 46.4 Å². The summed E-state index contributed by atoms with van der Waals surface area (Å²) in [6.45, 7) is 13.1. The van der Waals surface area contributed by atoms with Gasteiger partial charge < -0.3 is 18.9 Å². The van der Waals surface area contributed by atoms with Crippen molar-refractivity contribution in [1.82, 2.24) is 0 Å². The van der Waals surface area contributed by atoms with Gasteiger partial charge in [0.05, 0.1) is 56.9 Å². The normalized spacial score (nSPS) is 22.6. The second kappa shape index (κ2) is 26.7. The van der Waals surface area contributed by atoms with Gasteiger partial charge in [-0.2, -0.15) is 0 Å². The summed E-state index contributed by atoms with van der Waals surface area (Å²) in [5, 5.41) is 4.40. The second-order valence-corrected chi connectivity index (χ2v) is 16.5. The monoisotopic (exact) mass is 768 g/mol. The van der Waals surface area contributed by atoms with E-state index >= 15 is 0 Å². The number of azide groups is 1. The molecule has 56 heavy (non-hydrogen) atoms. The molecule has 3 aromatic rings. The topological polar surface area (TPSA) is 85.7 Å². The second-order valence-electron chi connectivity index (χ2n) is 16.5. The highest BCUT2D eigenvalue weighted by atomic mass is 16.5. The molecule has 4 rings (SSSR count). The molecule has 0 bridgehead atoms. The number of ether oxygens (including phenoxy) is 4. The van der Waals surface area contributed by atoms with Gasteiger partial charge in [-0.15, -0.1) is 0 Å². The van der Waals surface area contributed by atoms with Crippen LogP contribution in [0.4, 0.5) is 0 Å². The summed E-state index contributed by atoms with van der Waals surface area (Å²) in [7, 11) is 0. The first kappa shape index (κ1) is 45.5. The zero-order valence-corrected chi connectivity index (χ0v) is 35.4. The molecule has 1 saturated carbocycles. The van der Waals surface area contributed by atoms with Crippen LogP contribution in [0.15, 0.2) is 96.1 Å². The minimum Gasteiger partial charge on any atom is -0.377 e. The van der Waals surface area contributed by atoms with E-state index in [4.69, 9.17) is 18.9 Å². The zero-order valence-electron chi connectivity index (χ0n) is 35.4. The van der Waals surface area contributed by atoms with Gasteiger partial charge in [-0.1, -0.05) is 208 Å². The fourth-order valence-corrected chi connectivity index (χ4v) is 8.60. The molecule has 0 aliphatic heterocycles. The Balaban J connectivity index is 1.46. The molecule has 0 spiro atoms. The Hall–Kier alpha value is -3.19. The van der Waals surface area contributed by atoms with E-state index in [1.54, 1.807) is 0 Å². The van der Waals surface area contributed by atoms with Gasteiger partial charge in [0, 0.05) is 10.8 Å². The Bertz CT molecular complexity index is 1470. The minimum atomic E-state index is -0.570. The Kier molecular flexibility index (Phi) is 21.7. The molecule has 0 N–H and O–H groups in total. The van der Waals surface area contributed by atoms with Crippen LogP contribution in [0.5, 0.6) is 0 Å². The lowest BCUT2D eigenvalue weighted by atomic mass is 9.66. The van der Waals surface area contributed by atoms with Crippen LogP contribution in [0.25, 0.3) is 10.4 Å². The molecule has 0 radical (unpaired) electrons. The van der Waals surface area contributed by atoms with Crippen molar-refractivity contribution in [2.24, 2.45) is 28.8 Å². The van der Waals surface area contributed by atoms with Crippen molar-refractivity contribution in [2.45, 2.75) is 168 Å². The van der Waals surface area contributed by atoms with Crippen LogP contribution in [0.1, 0.15) is 135 Å². The Morgan fingerprint density at radius 3 is 1.48 bits per heavy atom. The zero-order chi connectivity index (χ0) is 39.8. The van der Waals surface area contributed by atoms with Crippen molar-refractivity contribution in [1.29, 1.82) is 0 Å². The van der Waals surface area contributed by atoms with Crippen molar-refractivity contribution in [3.05, 3.63) is 118 Å². The number of nitrogens with zero attached hydrogens (tertiary/aromatic N) is 3. The highest BCUT2D eigenvalue weighted by Crippen LogP contribution is 2.42. The van der Waals surface area contributed by atoms with Crippen molar-refractivity contribution < 1.29 is 18.9 Å². The quantitative estimate of drug-likeness (QED) is 0.0319. The van der Waals surface area contributed by atoms with E-state index in [-0.39, 0.29) is 30.8 Å². The van der Waals surface area contributed by atoms with Gasteiger partial charge in [0.15, 0.2) is 0 Å². The maximum atomic E-state index is 9.97. The molecule has 0 heterocycles. The summed E-state index contributed by atoms with van der Waals surface area (Å²) in [6.07, 6.45) is 15.5. The van der Waals surface area contributed by atoms with E-state index in [0.29, 0.717) is 37.6 Å². The lowest BCUT2D eigenvalue weighted by Crippen LogP contribution is -2.52. The standard InChI is InChI=1S/C49H73N3O4/c1-6-7-8-9-10-11-12-13-14-15-16-26-33-46(53-34-42-27-20-17-21-28-42)49(55-36-44-31-24-19-25-32-44)45(51-52-50)37-56-48-40(4)38(2)39(3)47(41(48)5)54-35-43-29-22-18-23-30-43/h17-25,27-32,38-41,45-49H,6-16,26,33-37H2,1-5H3/t38-,39+,40?,41?,45-,46+,47?,48-,49-/m0/s1. The van der Waals surface area contributed by atoms with E-state index < -0.39 is 12.1 Å². The first-order valence-electron chi connectivity index (χ1n) is 22.0. The third-order valence-electron chi connectivity index (χ3n) is 12.4. The van der Waals surface area contributed by atoms with Crippen LogP contribution in [0.2, 0.25) is 0 Å². The third kappa shape index (κ3) is 15.6. The summed E-state index contributed by atoms with van der Waals surface area (Å²) in [5.41, 5.74) is 13.3. The molecule has 3 unspecified atom stereocenters. The van der Waals surface area contributed by atoms with Crippen LogP contribution in [-0.4, -0.2) is 37.1 Å². The van der Waals surface area contributed by atoms with Crippen molar-refractivity contribution in [2.75, 3.05) is 6.61 Å². The molecule has 0 amide bonds. The number of benzene rings is 3. The number of hydrogen-bond acceptors (Lipinski definition) is 5. The van der Waals surface area contributed by atoms with Gasteiger partial charge in [-0.25, -0.2) is 0 Å². The fourth-order valence-electron chi connectivity index (χ4n) is 8.60. The van der Waals surface area contributed by atoms with Gasteiger partial charge in [0.1, 0.15) is 0 Å². The lowest BCUT2D eigenvalue weighted by molar-refractivity contribution is -0.164. The number of rotatable bonds is 28. The molecule has 3 aromatic carbocycles. The Labute approximate surface area is 339 Å². The largest absolute Gasteiger partial charge is 0.377 e. The van der Waals surface area contributed by atoms with Crippen LogP contribution in [-0.2, 0) is 38.8 Å². The Morgan fingerprint density at radius 2 is 0.982 bits per heavy atom. The molecule has 9 atom stereocenters. The van der Waals surface area contributed by atoms with Crippen LogP contribution in [0.3, 0.4) is 0 Å². The minimum absolute atomic E-state index is 0.0437. The van der Waals surface area contributed by atoms with Crippen molar-refractivity contribution >= 4 is 0 Å². The summed E-state index contributed by atoms with van der Waals surface area (Å²) >= 11 is 0. The predicted molar refractivity (Wildman–Crippen MR) is 230 cm³/mol. The highest BCUT2D eigenvalue weighted by molar-refractivity contribution is 5.15. The number of hydrogen-bond donors (Lipinski definition) is 0. The summed E-state index contributed by atoms with van der Waals surface area (Å²) in [5.74, 6) is 1.23. The summed E-state index contributed by atoms with van der Waals surface area (Å²) < 4.78 is 27.1. The molecule has 308 valence electrons. The van der Waals surface area contributed by atoms with Gasteiger partial charge in [0.2, 0.25) is 0 Å². The summed E-state index contributed by atoms with van der Waals surface area (Å²) in [4.78, 5) is 3.37. The molecule has 7 heteroatoms. The molecule has 1 fully saturated rings. The lowest BCUT2D eigenvalue weighted by Gasteiger charge is -2.48. The maximum absolute atomic E-state index is 9.97. The molecule has 1 aliphatic rings. The Morgan fingerprint density at radius 1 is 0.536 bits per heavy atom. The SMILES string of the molecule is CCCCCCCCCCCCCC[C@@H](OCc1ccccc1)[C@@H](OCc1ccccc1)[C@H](CO[C@@H]1C(C)C(OCc2ccccc2)[C@H](C)[C@H](C)C1C)N=[N+]=[N-]. The van der Waals surface area contributed by atoms with Gasteiger partial charge >= 0.3 is 0 Å². The summed E-state index contributed by atoms with van der Waals surface area (Å²) in [6, 6.07) is 30.4. The van der Waals surface area contributed by atoms with Crippen LogP contribution < -0.4 is 0 Å². The molecular weight excluding hydrogens is 695 g/mol. The highest BCUT2D eigenvalue weighted by Gasteiger charge is 2.45.